The molecule has 0 radical (unpaired) electrons. The molecule has 1 amide bonds. The smallest absolute Gasteiger partial charge is 0.271 e. The van der Waals surface area contributed by atoms with E-state index in [-0.39, 0.29) is 16.9 Å². The highest BCUT2D eigenvalue weighted by atomic mass is 16.3. The molecule has 0 aromatic heterocycles. The Bertz CT molecular complexity index is 1170. The van der Waals surface area contributed by atoms with Gasteiger partial charge in [-0.3, -0.25) is 9.69 Å². The van der Waals surface area contributed by atoms with Crippen LogP contribution in [0.15, 0.2) is 59.7 Å². The third kappa shape index (κ3) is 4.73. The van der Waals surface area contributed by atoms with E-state index in [0.717, 1.165) is 30.6 Å². The maximum absolute atomic E-state index is 12.3. The molecule has 6 heteroatoms. The number of aromatic hydroxyl groups is 1. The van der Waals surface area contributed by atoms with Crippen molar-refractivity contribution < 1.29 is 9.90 Å². The maximum atomic E-state index is 12.3. The van der Waals surface area contributed by atoms with Gasteiger partial charge in [0.15, 0.2) is 0 Å². The van der Waals surface area contributed by atoms with Crippen LogP contribution in [0.25, 0.3) is 10.8 Å². The number of carbonyl (C=O) groups is 1. The van der Waals surface area contributed by atoms with E-state index in [1.807, 2.05) is 18.2 Å². The van der Waals surface area contributed by atoms with Crippen molar-refractivity contribution in [1.29, 1.82) is 5.26 Å². The predicted molar refractivity (Wildman–Crippen MR) is 121 cm³/mol. The van der Waals surface area contributed by atoms with Gasteiger partial charge in [0.1, 0.15) is 11.8 Å². The zero-order valence-electron chi connectivity index (χ0n) is 17.2. The molecule has 6 nitrogen and oxygen atoms in total. The van der Waals surface area contributed by atoms with Gasteiger partial charge in [0.05, 0.1) is 11.8 Å². The summed E-state index contributed by atoms with van der Waals surface area (Å²) in [5.41, 5.74) is 5.02. The van der Waals surface area contributed by atoms with Crippen LogP contribution < -0.4 is 5.43 Å². The summed E-state index contributed by atoms with van der Waals surface area (Å²) in [5.74, 6) is -0.600. The van der Waals surface area contributed by atoms with Crippen LogP contribution >= 0.6 is 0 Å². The summed E-state index contributed by atoms with van der Waals surface area (Å²) >= 11 is 0. The number of hydrazone groups is 1. The number of likely N-dealkylation sites (tertiary alicyclic amines) is 1. The molecule has 0 bridgehead atoms. The standard InChI is InChI=1S/C25H24N4O2/c26-15-21-14-18(10-11-24(21)30)25(31)28-27-16-19-6-4-9-23-20(7-5-8-22(19)23)17-29-12-2-1-3-13-29/h4-11,14,16,30H,1-3,12-13,17H2,(H,28,31). The average Bonchev–Trinajstić information content (AvgIpc) is 2.80. The van der Waals surface area contributed by atoms with E-state index in [1.54, 1.807) is 6.21 Å². The molecule has 0 atom stereocenters. The lowest BCUT2D eigenvalue weighted by atomic mass is 9.99. The highest BCUT2D eigenvalue weighted by Gasteiger charge is 2.13. The molecular formula is C25H24N4O2. The Labute approximate surface area is 181 Å². The van der Waals surface area contributed by atoms with Gasteiger partial charge in [-0.05, 0) is 60.5 Å². The number of amides is 1. The third-order valence-electron chi connectivity index (χ3n) is 5.64. The number of benzene rings is 3. The van der Waals surface area contributed by atoms with Gasteiger partial charge in [-0.25, -0.2) is 5.43 Å². The molecule has 3 aromatic carbocycles. The van der Waals surface area contributed by atoms with Crippen molar-refractivity contribution in [1.82, 2.24) is 10.3 Å². The number of nitrogens with one attached hydrogen (secondary N) is 1. The summed E-state index contributed by atoms with van der Waals surface area (Å²) in [6, 6.07) is 18.4. The van der Waals surface area contributed by atoms with Crippen molar-refractivity contribution >= 4 is 22.9 Å². The Hall–Kier alpha value is -3.69. The molecule has 156 valence electrons. The zero-order chi connectivity index (χ0) is 21.6. The lowest BCUT2D eigenvalue weighted by Gasteiger charge is -2.27. The van der Waals surface area contributed by atoms with Crippen LogP contribution in [0.3, 0.4) is 0 Å². The number of nitriles is 1. The van der Waals surface area contributed by atoms with Crippen molar-refractivity contribution in [3.05, 3.63) is 76.9 Å². The number of hydrogen-bond acceptors (Lipinski definition) is 5. The summed E-state index contributed by atoms with van der Waals surface area (Å²) in [6.45, 7) is 3.24. The van der Waals surface area contributed by atoms with Crippen LogP contribution in [0.4, 0.5) is 0 Å². The van der Waals surface area contributed by atoms with Gasteiger partial charge in [-0.2, -0.15) is 10.4 Å². The van der Waals surface area contributed by atoms with Crippen LogP contribution in [0.2, 0.25) is 0 Å². The number of fused-ring (bicyclic) bond motifs is 1. The number of nitrogens with zero attached hydrogens (tertiary/aromatic N) is 3. The Kier molecular flexibility index (Phi) is 6.25. The summed E-state index contributed by atoms with van der Waals surface area (Å²) in [4.78, 5) is 14.8. The molecule has 0 spiro atoms. The van der Waals surface area contributed by atoms with Gasteiger partial charge in [0, 0.05) is 17.7 Å². The lowest BCUT2D eigenvalue weighted by molar-refractivity contribution is 0.0955. The number of piperidine rings is 1. The molecule has 31 heavy (non-hydrogen) atoms. The van der Waals surface area contributed by atoms with Crippen molar-refractivity contribution in [2.45, 2.75) is 25.8 Å². The van der Waals surface area contributed by atoms with Gasteiger partial charge in [-0.15, -0.1) is 0 Å². The maximum Gasteiger partial charge on any atom is 0.271 e. The molecule has 0 unspecified atom stereocenters. The van der Waals surface area contributed by atoms with E-state index in [2.05, 4.69) is 39.7 Å². The number of carbonyl (C=O) groups excluding carboxylic acids is 1. The van der Waals surface area contributed by atoms with Crippen LogP contribution in [0.5, 0.6) is 5.75 Å². The van der Waals surface area contributed by atoms with Gasteiger partial charge in [0.25, 0.3) is 5.91 Å². The van der Waals surface area contributed by atoms with E-state index in [4.69, 9.17) is 5.26 Å². The Morgan fingerprint density at radius 3 is 2.68 bits per heavy atom. The predicted octanol–water partition coefficient (Wildman–Crippen LogP) is 4.17. The van der Waals surface area contributed by atoms with E-state index in [0.29, 0.717) is 0 Å². The minimum Gasteiger partial charge on any atom is -0.507 e. The van der Waals surface area contributed by atoms with Crippen molar-refractivity contribution in [2.24, 2.45) is 5.10 Å². The molecule has 3 aromatic rings. The molecule has 1 saturated heterocycles. The third-order valence-corrected chi connectivity index (χ3v) is 5.64. The van der Waals surface area contributed by atoms with E-state index in [1.165, 1.54) is 48.4 Å². The fraction of sp³-hybridized carbons (Fsp3) is 0.240. The molecule has 1 aliphatic heterocycles. The molecular weight excluding hydrogens is 388 g/mol. The quantitative estimate of drug-likeness (QED) is 0.486. The number of hydrogen-bond donors (Lipinski definition) is 2. The summed E-state index contributed by atoms with van der Waals surface area (Å²) < 4.78 is 0. The molecule has 0 aliphatic carbocycles. The molecule has 4 rings (SSSR count). The van der Waals surface area contributed by atoms with Crippen LogP contribution in [-0.4, -0.2) is 35.2 Å². The first-order valence-electron chi connectivity index (χ1n) is 10.5. The van der Waals surface area contributed by atoms with E-state index < -0.39 is 5.91 Å². The highest BCUT2D eigenvalue weighted by molar-refractivity contribution is 6.02. The molecule has 2 N–H and O–H groups in total. The van der Waals surface area contributed by atoms with Crippen molar-refractivity contribution in [3.63, 3.8) is 0 Å². The van der Waals surface area contributed by atoms with Crippen molar-refractivity contribution in [3.8, 4) is 11.8 Å². The van der Waals surface area contributed by atoms with Crippen LogP contribution in [-0.2, 0) is 6.54 Å². The molecule has 1 fully saturated rings. The first-order chi connectivity index (χ1) is 15.2. The zero-order valence-corrected chi connectivity index (χ0v) is 17.2. The van der Waals surface area contributed by atoms with Crippen LogP contribution in [0, 0.1) is 11.3 Å². The van der Waals surface area contributed by atoms with Gasteiger partial charge >= 0.3 is 0 Å². The topological polar surface area (TPSA) is 88.7 Å². The summed E-state index contributed by atoms with van der Waals surface area (Å²) in [5, 5.41) is 25.0. The number of rotatable bonds is 5. The number of phenolic OH excluding ortho intramolecular Hbond substituents is 1. The molecule has 1 aliphatic rings. The second-order valence-electron chi connectivity index (χ2n) is 7.74. The van der Waals surface area contributed by atoms with Gasteiger partial charge in [-0.1, -0.05) is 42.8 Å². The second-order valence-corrected chi connectivity index (χ2v) is 7.74. The monoisotopic (exact) mass is 412 g/mol. The number of phenols is 1. The fourth-order valence-corrected chi connectivity index (χ4v) is 4.00. The SMILES string of the molecule is N#Cc1cc(C(=O)NN=Cc2cccc3c(CN4CCCCC4)cccc23)ccc1O. The minimum atomic E-state index is -0.446. The highest BCUT2D eigenvalue weighted by Crippen LogP contribution is 2.24. The van der Waals surface area contributed by atoms with Gasteiger partial charge in [0.2, 0.25) is 0 Å². The van der Waals surface area contributed by atoms with Crippen molar-refractivity contribution in [2.75, 3.05) is 13.1 Å². The fourth-order valence-electron chi connectivity index (χ4n) is 4.00. The molecule has 1 heterocycles. The van der Waals surface area contributed by atoms with E-state index in [9.17, 15) is 9.90 Å². The summed E-state index contributed by atoms with van der Waals surface area (Å²) in [6.07, 6.45) is 5.48. The van der Waals surface area contributed by atoms with Crippen LogP contribution in [0.1, 0.15) is 46.3 Å². The van der Waals surface area contributed by atoms with Gasteiger partial charge < -0.3 is 5.11 Å². The second kappa shape index (κ2) is 9.41. The first kappa shape index (κ1) is 20.6. The Morgan fingerprint density at radius 1 is 1.10 bits per heavy atom. The largest absolute Gasteiger partial charge is 0.507 e. The molecule has 0 saturated carbocycles. The Morgan fingerprint density at radius 2 is 1.87 bits per heavy atom. The normalized spacial score (nSPS) is 14.5. The first-order valence-corrected chi connectivity index (χ1v) is 10.5. The Balaban J connectivity index is 1.52. The summed E-state index contributed by atoms with van der Waals surface area (Å²) in [7, 11) is 0. The van der Waals surface area contributed by atoms with E-state index >= 15 is 0 Å². The minimum absolute atomic E-state index is 0.0481. The lowest BCUT2D eigenvalue weighted by Crippen LogP contribution is -2.29. The average molecular weight is 412 g/mol.